The van der Waals surface area contributed by atoms with E-state index in [-0.39, 0.29) is 0 Å². The van der Waals surface area contributed by atoms with E-state index in [9.17, 15) is 0 Å². The third-order valence-electron chi connectivity index (χ3n) is 2.34. The van der Waals surface area contributed by atoms with Gasteiger partial charge in [0.1, 0.15) is 0 Å². The number of hydrogen-bond donors (Lipinski definition) is 1. The van der Waals surface area contributed by atoms with Crippen LogP contribution in [-0.2, 0) is 0 Å². The molecule has 0 aromatic carbocycles. The smallest absolute Gasteiger partial charge is 0.0207 e. The van der Waals surface area contributed by atoms with Crippen LogP contribution >= 0.6 is 0 Å². The molecule has 0 radical (unpaired) electrons. The van der Waals surface area contributed by atoms with E-state index in [1.807, 2.05) is 0 Å². The third kappa shape index (κ3) is 1.18. The lowest BCUT2D eigenvalue weighted by Gasteiger charge is -2.04. The van der Waals surface area contributed by atoms with Gasteiger partial charge in [-0.15, -0.1) is 0 Å². The fourth-order valence-electron chi connectivity index (χ4n) is 1.72. The first-order valence-corrected chi connectivity index (χ1v) is 4.25. The first kappa shape index (κ1) is 7.64. The molecule has 1 aliphatic rings. The summed E-state index contributed by atoms with van der Waals surface area (Å²) in [5.41, 5.74) is 3.14. The van der Waals surface area contributed by atoms with Gasteiger partial charge in [-0.05, 0) is 24.3 Å². The lowest BCUT2D eigenvalue weighted by molar-refractivity contribution is 0.674. The molecule has 0 amide bonds. The van der Waals surface area contributed by atoms with Crippen LogP contribution in [0.15, 0.2) is 11.3 Å². The predicted molar refractivity (Wildman–Crippen MR) is 44.8 cm³/mol. The first-order valence-electron chi connectivity index (χ1n) is 4.25. The third-order valence-corrected chi connectivity index (χ3v) is 2.34. The highest BCUT2D eigenvalue weighted by Gasteiger charge is 2.17. The highest BCUT2D eigenvalue weighted by molar-refractivity contribution is 5.20. The summed E-state index contributed by atoms with van der Waals surface area (Å²) >= 11 is 0. The Morgan fingerprint density at radius 2 is 2.10 bits per heavy atom. The molecule has 1 N–H and O–H groups in total. The number of allylic oxidation sites excluding steroid dienone is 1. The van der Waals surface area contributed by atoms with Gasteiger partial charge >= 0.3 is 0 Å². The number of hydrogen-bond acceptors (Lipinski definition) is 1. The summed E-state index contributed by atoms with van der Waals surface area (Å²) in [5, 5.41) is 3.44. The van der Waals surface area contributed by atoms with Crippen molar-refractivity contribution in [1.82, 2.24) is 5.32 Å². The monoisotopic (exact) mass is 139 g/mol. The largest absolute Gasteiger partial charge is 0.388 e. The minimum Gasteiger partial charge on any atom is -0.388 e. The fraction of sp³-hybridized carbons (Fsp3) is 0.778. The Kier molecular flexibility index (Phi) is 2.36. The Bertz CT molecular complexity index is 147. The van der Waals surface area contributed by atoms with Crippen LogP contribution in [-0.4, -0.2) is 6.54 Å². The molecule has 0 spiro atoms. The van der Waals surface area contributed by atoms with Crippen molar-refractivity contribution in [2.45, 2.75) is 33.6 Å². The lowest BCUT2D eigenvalue weighted by atomic mass is 10.00. The quantitative estimate of drug-likeness (QED) is 0.619. The molecule has 0 aromatic heterocycles. The van der Waals surface area contributed by atoms with E-state index in [2.05, 4.69) is 26.1 Å². The van der Waals surface area contributed by atoms with Gasteiger partial charge in [0.05, 0.1) is 0 Å². The molecule has 1 atom stereocenters. The van der Waals surface area contributed by atoms with Gasteiger partial charge < -0.3 is 5.32 Å². The summed E-state index contributed by atoms with van der Waals surface area (Å²) in [7, 11) is 0. The van der Waals surface area contributed by atoms with E-state index < -0.39 is 0 Å². The summed E-state index contributed by atoms with van der Waals surface area (Å²) < 4.78 is 0. The standard InChI is InChI=1S/C9H17N/c1-4-8-7(3)6-10-9(8)5-2/h7,10H,4-6H2,1-3H3. The van der Waals surface area contributed by atoms with E-state index in [0.717, 1.165) is 12.5 Å². The second-order valence-corrected chi connectivity index (χ2v) is 2.99. The summed E-state index contributed by atoms with van der Waals surface area (Å²) in [6.45, 7) is 7.92. The molecule has 1 unspecified atom stereocenters. The summed E-state index contributed by atoms with van der Waals surface area (Å²) in [6.07, 6.45) is 2.39. The molecule has 1 rings (SSSR count). The summed E-state index contributed by atoms with van der Waals surface area (Å²) in [6, 6.07) is 0. The maximum Gasteiger partial charge on any atom is 0.0207 e. The Labute approximate surface area is 63.5 Å². The van der Waals surface area contributed by atoms with Crippen LogP contribution in [0.1, 0.15) is 33.6 Å². The Hall–Kier alpha value is -0.460. The van der Waals surface area contributed by atoms with Gasteiger partial charge in [-0.25, -0.2) is 0 Å². The minimum absolute atomic E-state index is 0.778. The van der Waals surface area contributed by atoms with Crippen molar-refractivity contribution in [2.75, 3.05) is 6.54 Å². The fourth-order valence-corrected chi connectivity index (χ4v) is 1.72. The molecule has 0 saturated carbocycles. The molecule has 1 aliphatic heterocycles. The van der Waals surface area contributed by atoms with Crippen molar-refractivity contribution >= 4 is 0 Å². The van der Waals surface area contributed by atoms with Gasteiger partial charge in [0, 0.05) is 12.2 Å². The average molecular weight is 139 g/mol. The highest BCUT2D eigenvalue weighted by Crippen LogP contribution is 2.24. The second-order valence-electron chi connectivity index (χ2n) is 2.99. The number of nitrogens with one attached hydrogen (secondary N) is 1. The minimum atomic E-state index is 0.778. The van der Waals surface area contributed by atoms with Crippen LogP contribution < -0.4 is 5.32 Å². The van der Waals surface area contributed by atoms with Crippen LogP contribution in [0.5, 0.6) is 0 Å². The Balaban J connectivity index is 2.71. The molecule has 0 aromatic rings. The topological polar surface area (TPSA) is 12.0 Å². The second kappa shape index (κ2) is 3.09. The molecule has 10 heavy (non-hydrogen) atoms. The normalized spacial score (nSPS) is 25.3. The van der Waals surface area contributed by atoms with E-state index in [1.54, 1.807) is 5.57 Å². The van der Waals surface area contributed by atoms with Gasteiger partial charge in [0.2, 0.25) is 0 Å². The maximum absolute atomic E-state index is 3.44. The molecule has 0 aliphatic carbocycles. The van der Waals surface area contributed by atoms with Crippen LogP contribution in [0.25, 0.3) is 0 Å². The first-order chi connectivity index (χ1) is 4.79. The van der Waals surface area contributed by atoms with Gasteiger partial charge in [0.15, 0.2) is 0 Å². The van der Waals surface area contributed by atoms with Gasteiger partial charge in [-0.1, -0.05) is 20.8 Å². The van der Waals surface area contributed by atoms with Crippen molar-refractivity contribution < 1.29 is 0 Å². The molecular formula is C9H17N. The van der Waals surface area contributed by atoms with Crippen LogP contribution in [0.4, 0.5) is 0 Å². The molecule has 0 fully saturated rings. The number of rotatable bonds is 2. The van der Waals surface area contributed by atoms with Gasteiger partial charge in [-0.2, -0.15) is 0 Å². The maximum atomic E-state index is 3.44. The molecule has 1 heteroatoms. The zero-order chi connectivity index (χ0) is 7.56. The van der Waals surface area contributed by atoms with Crippen molar-refractivity contribution in [3.05, 3.63) is 11.3 Å². The SMILES string of the molecule is CCC1=C(CC)C(C)CN1. The molecule has 0 saturated heterocycles. The highest BCUT2D eigenvalue weighted by atomic mass is 14.9. The van der Waals surface area contributed by atoms with Crippen molar-refractivity contribution in [1.29, 1.82) is 0 Å². The van der Waals surface area contributed by atoms with Gasteiger partial charge in [-0.3, -0.25) is 0 Å². The van der Waals surface area contributed by atoms with Crippen molar-refractivity contribution in [3.63, 3.8) is 0 Å². The summed E-state index contributed by atoms with van der Waals surface area (Å²) in [4.78, 5) is 0. The molecule has 58 valence electrons. The van der Waals surface area contributed by atoms with Crippen LogP contribution in [0, 0.1) is 5.92 Å². The predicted octanol–water partition coefficient (Wildman–Crippen LogP) is 2.30. The Morgan fingerprint density at radius 1 is 1.40 bits per heavy atom. The lowest BCUT2D eigenvalue weighted by Crippen LogP contribution is -2.09. The van der Waals surface area contributed by atoms with Crippen molar-refractivity contribution in [3.8, 4) is 0 Å². The average Bonchev–Trinajstić information content (AvgIpc) is 2.30. The molecular weight excluding hydrogens is 122 g/mol. The molecule has 0 bridgehead atoms. The van der Waals surface area contributed by atoms with Gasteiger partial charge in [0.25, 0.3) is 0 Å². The van der Waals surface area contributed by atoms with E-state index in [4.69, 9.17) is 0 Å². The summed E-state index contributed by atoms with van der Waals surface area (Å²) in [5.74, 6) is 0.778. The Morgan fingerprint density at radius 3 is 2.50 bits per heavy atom. The van der Waals surface area contributed by atoms with Crippen LogP contribution in [0.2, 0.25) is 0 Å². The van der Waals surface area contributed by atoms with Crippen molar-refractivity contribution in [2.24, 2.45) is 5.92 Å². The van der Waals surface area contributed by atoms with E-state index >= 15 is 0 Å². The van der Waals surface area contributed by atoms with E-state index in [1.165, 1.54) is 18.5 Å². The molecule has 1 nitrogen and oxygen atoms in total. The van der Waals surface area contributed by atoms with E-state index in [0.29, 0.717) is 0 Å². The zero-order valence-corrected chi connectivity index (χ0v) is 7.20. The molecule has 1 heterocycles. The van der Waals surface area contributed by atoms with Crippen LogP contribution in [0.3, 0.4) is 0 Å². The zero-order valence-electron chi connectivity index (χ0n) is 7.20.